The summed E-state index contributed by atoms with van der Waals surface area (Å²) in [5.41, 5.74) is 1.58. The van der Waals surface area contributed by atoms with E-state index in [2.05, 4.69) is 18.5 Å². The average Bonchev–Trinajstić information content (AvgIpc) is 2.47. The minimum atomic E-state index is 0.0869. The zero-order valence-corrected chi connectivity index (χ0v) is 11.6. The van der Waals surface area contributed by atoms with Crippen molar-refractivity contribution in [3.8, 4) is 5.75 Å². The number of nitrogens with one attached hydrogen (secondary N) is 1. The Morgan fingerprint density at radius 3 is 2.80 bits per heavy atom. The van der Waals surface area contributed by atoms with Crippen molar-refractivity contribution in [2.45, 2.75) is 0 Å². The molecule has 1 aromatic carbocycles. The van der Waals surface area contributed by atoms with Gasteiger partial charge in [0.25, 0.3) is 0 Å². The molecule has 1 aliphatic rings. The summed E-state index contributed by atoms with van der Waals surface area (Å²) in [5, 5.41) is 3.24. The number of anilines is 1. The maximum atomic E-state index is 12.3. The summed E-state index contributed by atoms with van der Waals surface area (Å²) in [7, 11) is 0. The van der Waals surface area contributed by atoms with Crippen molar-refractivity contribution in [1.82, 2.24) is 4.90 Å². The van der Waals surface area contributed by atoms with E-state index in [0.717, 1.165) is 18.0 Å². The number of Topliss-reactive ketones (excluding diaryl/α,β-unsaturated/α-hetero) is 1. The lowest BCUT2D eigenvalue weighted by atomic mass is 10.1. The fourth-order valence-electron chi connectivity index (χ4n) is 2.18. The minimum absolute atomic E-state index is 0.0869. The summed E-state index contributed by atoms with van der Waals surface area (Å²) in [6, 6.07) is 5.52. The first-order valence-corrected chi connectivity index (χ1v) is 6.72. The Bertz CT molecular complexity index is 501. The Morgan fingerprint density at radius 1 is 1.35 bits per heavy atom. The molecule has 0 spiro atoms. The summed E-state index contributed by atoms with van der Waals surface area (Å²) in [5.74, 6) is 0.894. The normalized spacial score (nSPS) is 13.1. The molecule has 1 heterocycles. The monoisotopic (exact) mass is 272 g/mol. The van der Waals surface area contributed by atoms with Gasteiger partial charge in [0.15, 0.2) is 5.78 Å². The van der Waals surface area contributed by atoms with Gasteiger partial charge in [-0.05, 0) is 18.2 Å². The highest BCUT2D eigenvalue weighted by atomic mass is 16.5. The van der Waals surface area contributed by atoms with Gasteiger partial charge in [-0.3, -0.25) is 9.69 Å². The smallest absolute Gasteiger partial charge is 0.176 e. The second-order valence-electron chi connectivity index (χ2n) is 4.68. The summed E-state index contributed by atoms with van der Waals surface area (Å²) < 4.78 is 5.51. The molecule has 4 nitrogen and oxygen atoms in total. The van der Waals surface area contributed by atoms with Crippen LogP contribution in [0.4, 0.5) is 5.69 Å². The highest BCUT2D eigenvalue weighted by molar-refractivity contribution is 5.98. The number of carbonyl (C=O) groups is 1. The third-order valence-electron chi connectivity index (χ3n) is 3.12. The largest absolute Gasteiger partial charge is 0.490 e. The van der Waals surface area contributed by atoms with E-state index in [9.17, 15) is 4.79 Å². The van der Waals surface area contributed by atoms with Crippen LogP contribution in [0.2, 0.25) is 0 Å². The lowest BCUT2D eigenvalue weighted by molar-refractivity contribution is 0.0944. The summed E-state index contributed by atoms with van der Waals surface area (Å²) in [6.45, 7) is 10.5. The predicted molar refractivity (Wildman–Crippen MR) is 81.6 cm³/mol. The molecule has 0 atom stereocenters. The number of ketones is 1. The molecule has 2 rings (SSSR count). The molecule has 20 heavy (non-hydrogen) atoms. The highest BCUT2D eigenvalue weighted by Crippen LogP contribution is 2.28. The van der Waals surface area contributed by atoms with Gasteiger partial charge in [-0.25, -0.2) is 0 Å². The molecule has 1 aliphatic heterocycles. The topological polar surface area (TPSA) is 41.6 Å². The van der Waals surface area contributed by atoms with Crippen LogP contribution < -0.4 is 10.1 Å². The molecule has 0 bridgehead atoms. The van der Waals surface area contributed by atoms with Crippen LogP contribution in [0.3, 0.4) is 0 Å². The van der Waals surface area contributed by atoms with Crippen molar-refractivity contribution >= 4 is 11.5 Å². The van der Waals surface area contributed by atoms with E-state index in [0.29, 0.717) is 31.8 Å². The van der Waals surface area contributed by atoms with E-state index < -0.39 is 0 Å². The molecule has 1 aromatic rings. The number of nitrogens with zero attached hydrogens (tertiary/aromatic N) is 1. The molecule has 0 aliphatic carbocycles. The van der Waals surface area contributed by atoms with Crippen molar-refractivity contribution in [1.29, 1.82) is 0 Å². The third kappa shape index (κ3) is 3.48. The van der Waals surface area contributed by atoms with Crippen LogP contribution in [0.1, 0.15) is 10.4 Å². The van der Waals surface area contributed by atoms with Crippen molar-refractivity contribution in [3.63, 3.8) is 0 Å². The van der Waals surface area contributed by atoms with Gasteiger partial charge in [0.05, 0.1) is 12.2 Å². The Labute approximate surface area is 119 Å². The van der Waals surface area contributed by atoms with E-state index in [1.165, 1.54) is 0 Å². The Hall–Kier alpha value is -2.07. The second-order valence-corrected chi connectivity index (χ2v) is 4.68. The van der Waals surface area contributed by atoms with E-state index in [1.54, 1.807) is 12.2 Å². The number of fused-ring (bicyclic) bond motifs is 1. The van der Waals surface area contributed by atoms with Crippen LogP contribution in [0.25, 0.3) is 0 Å². The van der Waals surface area contributed by atoms with Gasteiger partial charge in [0.1, 0.15) is 12.4 Å². The van der Waals surface area contributed by atoms with Crippen molar-refractivity contribution in [3.05, 3.63) is 49.1 Å². The van der Waals surface area contributed by atoms with Gasteiger partial charge in [-0.2, -0.15) is 0 Å². The van der Waals surface area contributed by atoms with Gasteiger partial charge in [0, 0.05) is 25.2 Å². The van der Waals surface area contributed by atoms with Crippen LogP contribution in [0.5, 0.6) is 5.75 Å². The van der Waals surface area contributed by atoms with E-state index >= 15 is 0 Å². The molecule has 1 N–H and O–H groups in total. The van der Waals surface area contributed by atoms with Gasteiger partial charge >= 0.3 is 0 Å². The number of rotatable bonds is 7. The zero-order valence-electron chi connectivity index (χ0n) is 11.6. The van der Waals surface area contributed by atoms with Crippen molar-refractivity contribution in [2.75, 3.05) is 38.1 Å². The summed E-state index contributed by atoms with van der Waals surface area (Å²) in [6.07, 6.45) is 3.58. The first-order chi connectivity index (χ1) is 9.74. The van der Waals surface area contributed by atoms with Crippen molar-refractivity contribution < 1.29 is 9.53 Å². The average molecular weight is 272 g/mol. The molecule has 0 amide bonds. The first-order valence-electron chi connectivity index (χ1n) is 6.72. The molecule has 4 heteroatoms. The van der Waals surface area contributed by atoms with Crippen LogP contribution in [0.15, 0.2) is 43.5 Å². The maximum Gasteiger partial charge on any atom is 0.176 e. The van der Waals surface area contributed by atoms with Gasteiger partial charge in [0.2, 0.25) is 0 Å². The maximum absolute atomic E-state index is 12.3. The number of carbonyl (C=O) groups excluding carboxylic acids is 1. The first kappa shape index (κ1) is 14.3. The molecule has 0 saturated carbocycles. The Balaban J connectivity index is 2.08. The molecular formula is C16H20N2O2. The van der Waals surface area contributed by atoms with Gasteiger partial charge in [-0.1, -0.05) is 12.2 Å². The molecule has 0 radical (unpaired) electrons. The summed E-state index contributed by atoms with van der Waals surface area (Å²) in [4.78, 5) is 14.3. The van der Waals surface area contributed by atoms with Crippen LogP contribution in [0, 0.1) is 0 Å². The lowest BCUT2D eigenvalue weighted by Gasteiger charge is -2.21. The van der Waals surface area contributed by atoms with Gasteiger partial charge in [-0.15, -0.1) is 13.2 Å². The number of benzene rings is 1. The van der Waals surface area contributed by atoms with Gasteiger partial charge < -0.3 is 10.1 Å². The fraction of sp³-hybridized carbons (Fsp3) is 0.312. The molecule has 0 fully saturated rings. The fourth-order valence-corrected chi connectivity index (χ4v) is 2.18. The molecule has 0 unspecified atom stereocenters. The zero-order chi connectivity index (χ0) is 14.4. The van der Waals surface area contributed by atoms with Crippen LogP contribution >= 0.6 is 0 Å². The lowest BCUT2D eigenvalue weighted by Crippen LogP contribution is -2.30. The minimum Gasteiger partial charge on any atom is -0.490 e. The number of hydrogen-bond donors (Lipinski definition) is 1. The SMILES string of the molecule is C=CCN(CC=C)CC(=O)c1ccc2c(c1)NCCO2. The molecule has 106 valence electrons. The number of ether oxygens (including phenoxy) is 1. The molecular weight excluding hydrogens is 252 g/mol. The highest BCUT2D eigenvalue weighted by Gasteiger charge is 2.15. The predicted octanol–water partition coefficient (Wildman–Crippen LogP) is 2.35. The molecule has 0 saturated heterocycles. The molecule has 0 aromatic heterocycles. The Morgan fingerprint density at radius 2 is 2.10 bits per heavy atom. The number of hydrogen-bond acceptors (Lipinski definition) is 4. The van der Waals surface area contributed by atoms with Crippen LogP contribution in [-0.2, 0) is 0 Å². The van der Waals surface area contributed by atoms with Crippen molar-refractivity contribution in [2.24, 2.45) is 0 Å². The van der Waals surface area contributed by atoms with Crippen LogP contribution in [-0.4, -0.2) is 43.5 Å². The summed E-state index contributed by atoms with van der Waals surface area (Å²) >= 11 is 0. The van der Waals surface area contributed by atoms with E-state index in [1.807, 2.05) is 23.1 Å². The third-order valence-corrected chi connectivity index (χ3v) is 3.12. The quantitative estimate of drug-likeness (QED) is 0.611. The standard InChI is InChI=1S/C16H20N2O2/c1-3-8-18(9-4-2)12-15(19)13-5-6-16-14(11-13)17-7-10-20-16/h3-6,11,17H,1-2,7-10,12H2. The van der Waals surface area contributed by atoms with E-state index in [-0.39, 0.29) is 5.78 Å². The van der Waals surface area contributed by atoms with E-state index in [4.69, 9.17) is 4.74 Å². The Kier molecular flexibility index (Phi) is 4.96. The second kappa shape index (κ2) is 6.91.